The molecular weight excluding hydrogens is 212 g/mol. The van der Waals surface area contributed by atoms with E-state index in [0.717, 1.165) is 0 Å². The van der Waals surface area contributed by atoms with Crippen LogP contribution in [0.3, 0.4) is 0 Å². The van der Waals surface area contributed by atoms with Gasteiger partial charge >= 0.3 is 11.9 Å². The highest BCUT2D eigenvalue weighted by atomic mass is 16.6. The number of rotatable bonds is 4. The molecule has 0 spiro atoms. The number of carbonyl (C=O) groups excluding carboxylic acids is 1. The number of aromatic carboxylic acids is 1. The van der Waals surface area contributed by atoms with E-state index in [1.165, 1.54) is 25.1 Å². The lowest BCUT2D eigenvalue weighted by Crippen LogP contribution is -2.05. The summed E-state index contributed by atoms with van der Waals surface area (Å²) in [5, 5.41) is 8.79. The van der Waals surface area contributed by atoms with E-state index in [0.29, 0.717) is 6.61 Å². The molecule has 0 radical (unpaired) electrons. The number of hydrogen-bond acceptors (Lipinski definition) is 4. The molecule has 1 aromatic rings. The fourth-order valence-corrected chi connectivity index (χ4v) is 1.15. The van der Waals surface area contributed by atoms with Gasteiger partial charge in [-0.1, -0.05) is 0 Å². The number of ether oxygens (including phenoxy) is 2. The third-order valence-electron chi connectivity index (χ3n) is 1.74. The first-order valence-electron chi connectivity index (χ1n) is 4.73. The Morgan fingerprint density at radius 3 is 2.50 bits per heavy atom. The molecule has 1 rings (SSSR count). The number of esters is 1. The third-order valence-corrected chi connectivity index (χ3v) is 1.74. The molecule has 0 fully saturated rings. The van der Waals surface area contributed by atoms with Crippen molar-refractivity contribution < 1.29 is 24.2 Å². The number of carboxylic acid groups (broad SMARTS) is 1. The summed E-state index contributed by atoms with van der Waals surface area (Å²) in [6.07, 6.45) is 0. The lowest BCUT2D eigenvalue weighted by atomic mass is 10.2. The predicted octanol–water partition coefficient (Wildman–Crippen LogP) is 1.71. The van der Waals surface area contributed by atoms with Crippen molar-refractivity contribution in [2.24, 2.45) is 0 Å². The Morgan fingerprint density at radius 2 is 2.00 bits per heavy atom. The first-order chi connectivity index (χ1) is 7.54. The van der Waals surface area contributed by atoms with Gasteiger partial charge in [-0.15, -0.1) is 0 Å². The van der Waals surface area contributed by atoms with E-state index in [2.05, 4.69) is 0 Å². The topological polar surface area (TPSA) is 72.8 Å². The van der Waals surface area contributed by atoms with Gasteiger partial charge in [-0.05, 0) is 25.1 Å². The quantitative estimate of drug-likeness (QED) is 0.622. The second kappa shape index (κ2) is 5.16. The molecule has 0 heterocycles. The predicted molar refractivity (Wildman–Crippen MR) is 55.9 cm³/mol. The molecule has 1 N–H and O–H groups in total. The summed E-state index contributed by atoms with van der Waals surface area (Å²) in [5.74, 6) is -1.07. The Kier molecular flexibility index (Phi) is 3.88. The van der Waals surface area contributed by atoms with Gasteiger partial charge in [0.1, 0.15) is 0 Å². The minimum absolute atomic E-state index is 0.0827. The summed E-state index contributed by atoms with van der Waals surface area (Å²) in [6, 6.07) is 4.07. The summed E-state index contributed by atoms with van der Waals surface area (Å²) >= 11 is 0. The van der Waals surface area contributed by atoms with Crippen molar-refractivity contribution in [2.45, 2.75) is 13.8 Å². The van der Waals surface area contributed by atoms with Crippen LogP contribution in [0.15, 0.2) is 18.2 Å². The third kappa shape index (κ3) is 2.98. The summed E-state index contributed by atoms with van der Waals surface area (Å²) in [6.45, 7) is 3.38. The maximum absolute atomic E-state index is 10.8. The Hall–Kier alpha value is -2.04. The van der Waals surface area contributed by atoms with Crippen molar-refractivity contribution in [3.63, 3.8) is 0 Å². The Labute approximate surface area is 92.6 Å². The fraction of sp³-hybridized carbons (Fsp3) is 0.273. The largest absolute Gasteiger partial charge is 0.490 e. The molecule has 0 bridgehead atoms. The standard InChI is InChI=1S/C11H12O5/c1-3-15-10-6-8(11(13)14)4-5-9(10)16-7(2)12/h4-6H,3H2,1-2H3,(H,13,14). The van der Waals surface area contributed by atoms with Crippen LogP contribution in [-0.4, -0.2) is 23.7 Å². The average molecular weight is 224 g/mol. The highest BCUT2D eigenvalue weighted by Crippen LogP contribution is 2.28. The molecule has 0 saturated heterocycles. The molecule has 0 aromatic heterocycles. The molecule has 0 atom stereocenters. The smallest absolute Gasteiger partial charge is 0.335 e. The van der Waals surface area contributed by atoms with Crippen molar-refractivity contribution in [3.8, 4) is 11.5 Å². The Bertz CT molecular complexity index is 411. The SMILES string of the molecule is CCOc1cc(C(=O)O)ccc1OC(C)=O. The second-order valence-electron chi connectivity index (χ2n) is 2.99. The summed E-state index contributed by atoms with van der Waals surface area (Å²) < 4.78 is 10.1. The van der Waals surface area contributed by atoms with Gasteiger partial charge in [-0.25, -0.2) is 4.79 Å². The molecule has 16 heavy (non-hydrogen) atoms. The number of carboxylic acids is 1. The monoisotopic (exact) mass is 224 g/mol. The van der Waals surface area contributed by atoms with E-state index >= 15 is 0 Å². The number of hydrogen-bond donors (Lipinski definition) is 1. The van der Waals surface area contributed by atoms with E-state index in [1.807, 2.05) is 0 Å². The molecule has 0 aliphatic heterocycles. The second-order valence-corrected chi connectivity index (χ2v) is 2.99. The van der Waals surface area contributed by atoms with Gasteiger partial charge in [0, 0.05) is 6.92 Å². The van der Waals surface area contributed by atoms with Gasteiger partial charge in [-0.2, -0.15) is 0 Å². The van der Waals surface area contributed by atoms with Crippen LogP contribution in [0.2, 0.25) is 0 Å². The van der Waals surface area contributed by atoms with Crippen LogP contribution in [0.5, 0.6) is 11.5 Å². The van der Waals surface area contributed by atoms with Crippen LogP contribution in [0.25, 0.3) is 0 Å². The summed E-state index contributed by atoms with van der Waals surface area (Å²) in [7, 11) is 0. The van der Waals surface area contributed by atoms with Gasteiger partial charge in [0.25, 0.3) is 0 Å². The molecule has 0 aliphatic rings. The molecule has 0 aliphatic carbocycles. The maximum atomic E-state index is 10.8. The van der Waals surface area contributed by atoms with Crippen LogP contribution in [0.1, 0.15) is 24.2 Å². The molecule has 1 aromatic carbocycles. The maximum Gasteiger partial charge on any atom is 0.335 e. The summed E-state index contributed by atoms with van der Waals surface area (Å²) in [5.41, 5.74) is 0.0827. The zero-order valence-corrected chi connectivity index (χ0v) is 9.02. The van der Waals surface area contributed by atoms with E-state index in [4.69, 9.17) is 14.6 Å². The van der Waals surface area contributed by atoms with Crippen LogP contribution < -0.4 is 9.47 Å². The van der Waals surface area contributed by atoms with Crippen molar-refractivity contribution in [1.82, 2.24) is 0 Å². The lowest BCUT2D eigenvalue weighted by Gasteiger charge is -2.09. The molecule has 86 valence electrons. The normalized spacial score (nSPS) is 9.62. The first kappa shape index (κ1) is 12.0. The minimum Gasteiger partial charge on any atom is -0.490 e. The van der Waals surface area contributed by atoms with Crippen molar-refractivity contribution in [2.75, 3.05) is 6.61 Å². The van der Waals surface area contributed by atoms with Gasteiger partial charge in [0.15, 0.2) is 11.5 Å². The summed E-state index contributed by atoms with van der Waals surface area (Å²) in [4.78, 5) is 21.5. The molecule has 0 unspecified atom stereocenters. The zero-order valence-electron chi connectivity index (χ0n) is 9.02. The Morgan fingerprint density at radius 1 is 1.31 bits per heavy atom. The molecule has 5 nitrogen and oxygen atoms in total. The molecule has 0 amide bonds. The van der Waals surface area contributed by atoms with Crippen LogP contribution in [0.4, 0.5) is 0 Å². The van der Waals surface area contributed by atoms with Crippen molar-refractivity contribution >= 4 is 11.9 Å². The van der Waals surface area contributed by atoms with Crippen LogP contribution >= 0.6 is 0 Å². The highest BCUT2D eigenvalue weighted by molar-refractivity contribution is 5.88. The first-order valence-corrected chi connectivity index (χ1v) is 4.73. The van der Waals surface area contributed by atoms with Gasteiger partial charge in [0.2, 0.25) is 0 Å². The fourth-order valence-electron chi connectivity index (χ4n) is 1.15. The van der Waals surface area contributed by atoms with Crippen molar-refractivity contribution in [3.05, 3.63) is 23.8 Å². The lowest BCUT2D eigenvalue weighted by molar-refractivity contribution is -0.132. The number of carbonyl (C=O) groups is 2. The van der Waals surface area contributed by atoms with E-state index in [1.54, 1.807) is 6.92 Å². The van der Waals surface area contributed by atoms with E-state index in [9.17, 15) is 9.59 Å². The molecule has 5 heteroatoms. The van der Waals surface area contributed by atoms with Crippen LogP contribution in [-0.2, 0) is 4.79 Å². The minimum atomic E-state index is -1.06. The van der Waals surface area contributed by atoms with Gasteiger partial charge in [-0.3, -0.25) is 4.79 Å². The van der Waals surface area contributed by atoms with Gasteiger partial charge < -0.3 is 14.6 Å². The van der Waals surface area contributed by atoms with Crippen LogP contribution in [0, 0.1) is 0 Å². The van der Waals surface area contributed by atoms with Crippen molar-refractivity contribution in [1.29, 1.82) is 0 Å². The van der Waals surface area contributed by atoms with E-state index in [-0.39, 0.29) is 17.1 Å². The highest BCUT2D eigenvalue weighted by Gasteiger charge is 2.11. The zero-order chi connectivity index (χ0) is 12.1. The Balaban J connectivity index is 3.08. The van der Waals surface area contributed by atoms with Gasteiger partial charge in [0.05, 0.1) is 12.2 Å². The van der Waals surface area contributed by atoms with E-state index < -0.39 is 11.9 Å². The average Bonchev–Trinajstić information content (AvgIpc) is 2.20. The molecular formula is C11H12O5. The molecule has 0 saturated carbocycles. The number of benzene rings is 1.